The van der Waals surface area contributed by atoms with Gasteiger partial charge in [0.25, 0.3) is 0 Å². The SMILES string of the molecule is CCn1cc(S(=O)(=O)N2CCCC(c3nc(CCOCc4ccccc4)no3)C2)cn1. The Kier molecular flexibility index (Phi) is 6.79. The summed E-state index contributed by atoms with van der Waals surface area (Å²) in [6.45, 7) is 4.37. The van der Waals surface area contributed by atoms with E-state index in [0.717, 1.165) is 18.4 Å². The molecule has 9 nitrogen and oxygen atoms in total. The standard InChI is InChI=1S/C21H27N5O4S/c1-2-25-15-19(13-22-25)31(27,28)26-11-6-9-18(14-26)21-23-20(24-30-21)10-12-29-16-17-7-4-3-5-8-17/h3-5,7-8,13,15,18H,2,6,9-12,14,16H2,1H3. The topological polar surface area (TPSA) is 103 Å². The molecule has 166 valence electrons. The largest absolute Gasteiger partial charge is 0.376 e. The Morgan fingerprint density at radius 2 is 2.10 bits per heavy atom. The summed E-state index contributed by atoms with van der Waals surface area (Å²) >= 11 is 0. The minimum absolute atomic E-state index is 0.115. The normalized spacial score (nSPS) is 17.8. The molecule has 0 N–H and O–H groups in total. The van der Waals surface area contributed by atoms with Crippen LogP contribution in [0.15, 0.2) is 52.1 Å². The third-order valence-corrected chi connectivity index (χ3v) is 7.19. The number of hydrogen-bond donors (Lipinski definition) is 0. The summed E-state index contributed by atoms with van der Waals surface area (Å²) in [6, 6.07) is 9.96. The van der Waals surface area contributed by atoms with Crippen LogP contribution >= 0.6 is 0 Å². The molecule has 1 aliphatic heterocycles. The third kappa shape index (κ3) is 5.20. The van der Waals surface area contributed by atoms with E-state index in [-0.39, 0.29) is 10.8 Å². The number of aryl methyl sites for hydroxylation is 1. The van der Waals surface area contributed by atoms with Crippen LogP contribution in [0.1, 0.15) is 43.0 Å². The molecular formula is C21H27N5O4S. The first-order valence-electron chi connectivity index (χ1n) is 10.5. The number of ether oxygens (including phenoxy) is 1. The Bertz CT molecular complexity index is 1080. The van der Waals surface area contributed by atoms with E-state index in [9.17, 15) is 8.42 Å². The van der Waals surface area contributed by atoms with Gasteiger partial charge in [0.15, 0.2) is 5.82 Å². The van der Waals surface area contributed by atoms with Crippen molar-refractivity contribution in [2.24, 2.45) is 0 Å². The molecule has 4 rings (SSSR count). The number of hydrogen-bond acceptors (Lipinski definition) is 7. The van der Waals surface area contributed by atoms with Crippen LogP contribution in [-0.2, 0) is 34.3 Å². The first kappa shape index (κ1) is 21.7. The Morgan fingerprint density at radius 3 is 2.87 bits per heavy atom. The maximum absolute atomic E-state index is 13.0. The molecule has 0 aliphatic carbocycles. The van der Waals surface area contributed by atoms with Crippen molar-refractivity contribution in [3.8, 4) is 0 Å². The van der Waals surface area contributed by atoms with Crippen LogP contribution in [0.4, 0.5) is 0 Å². The average molecular weight is 446 g/mol. The van der Waals surface area contributed by atoms with Crippen molar-refractivity contribution in [2.45, 2.75) is 50.2 Å². The molecule has 3 aromatic rings. The van der Waals surface area contributed by atoms with E-state index < -0.39 is 10.0 Å². The summed E-state index contributed by atoms with van der Waals surface area (Å²) in [5.74, 6) is 0.950. The first-order chi connectivity index (χ1) is 15.1. The highest BCUT2D eigenvalue weighted by Gasteiger charge is 2.34. The fourth-order valence-electron chi connectivity index (χ4n) is 3.62. The summed E-state index contributed by atoms with van der Waals surface area (Å²) in [5.41, 5.74) is 1.12. The maximum atomic E-state index is 13.0. The minimum atomic E-state index is -3.59. The van der Waals surface area contributed by atoms with Crippen molar-refractivity contribution in [1.82, 2.24) is 24.2 Å². The second-order valence-electron chi connectivity index (χ2n) is 7.57. The number of benzene rings is 1. The van der Waals surface area contributed by atoms with Gasteiger partial charge in [-0.15, -0.1) is 0 Å². The van der Waals surface area contributed by atoms with Crippen LogP contribution in [0.2, 0.25) is 0 Å². The lowest BCUT2D eigenvalue weighted by Crippen LogP contribution is -2.39. The zero-order valence-corrected chi connectivity index (χ0v) is 18.4. The first-order valence-corrected chi connectivity index (χ1v) is 12.0. The lowest BCUT2D eigenvalue weighted by molar-refractivity contribution is 0.122. The molecule has 3 heterocycles. The molecule has 1 fully saturated rings. The number of rotatable bonds is 9. The molecule has 0 bridgehead atoms. The van der Waals surface area contributed by atoms with E-state index >= 15 is 0 Å². The van der Waals surface area contributed by atoms with Gasteiger partial charge < -0.3 is 9.26 Å². The molecule has 1 aromatic carbocycles. The van der Waals surface area contributed by atoms with Gasteiger partial charge in [0, 0.05) is 32.3 Å². The zero-order chi connectivity index (χ0) is 21.7. The maximum Gasteiger partial charge on any atom is 0.246 e. The van der Waals surface area contributed by atoms with Crippen molar-refractivity contribution in [1.29, 1.82) is 0 Å². The molecule has 1 saturated heterocycles. The van der Waals surface area contributed by atoms with Gasteiger partial charge in [0.05, 0.1) is 25.3 Å². The Hall–Kier alpha value is -2.56. The van der Waals surface area contributed by atoms with E-state index in [4.69, 9.17) is 9.26 Å². The van der Waals surface area contributed by atoms with Gasteiger partial charge in [-0.1, -0.05) is 35.5 Å². The van der Waals surface area contributed by atoms with Gasteiger partial charge in [0.1, 0.15) is 4.90 Å². The lowest BCUT2D eigenvalue weighted by atomic mass is 10.00. The highest BCUT2D eigenvalue weighted by Crippen LogP contribution is 2.29. The molecule has 10 heteroatoms. The van der Waals surface area contributed by atoms with Gasteiger partial charge in [-0.05, 0) is 25.3 Å². The minimum Gasteiger partial charge on any atom is -0.376 e. The summed E-state index contributed by atoms with van der Waals surface area (Å²) in [4.78, 5) is 4.71. The van der Waals surface area contributed by atoms with Crippen LogP contribution in [0.25, 0.3) is 0 Å². The van der Waals surface area contributed by atoms with Crippen molar-refractivity contribution >= 4 is 10.0 Å². The molecule has 1 aliphatic rings. The molecule has 31 heavy (non-hydrogen) atoms. The second-order valence-corrected chi connectivity index (χ2v) is 9.51. The summed E-state index contributed by atoms with van der Waals surface area (Å²) in [6.07, 6.45) is 5.07. The Labute approximate surface area is 182 Å². The number of nitrogens with zero attached hydrogens (tertiary/aromatic N) is 5. The van der Waals surface area contributed by atoms with E-state index in [1.807, 2.05) is 37.3 Å². The van der Waals surface area contributed by atoms with E-state index in [1.165, 1.54) is 10.5 Å². The molecule has 0 saturated carbocycles. The van der Waals surface area contributed by atoms with E-state index in [2.05, 4.69) is 15.2 Å². The summed E-state index contributed by atoms with van der Waals surface area (Å²) < 4.78 is 40.2. The smallest absolute Gasteiger partial charge is 0.246 e. The summed E-state index contributed by atoms with van der Waals surface area (Å²) in [7, 11) is -3.59. The molecule has 0 radical (unpaired) electrons. The van der Waals surface area contributed by atoms with Crippen molar-refractivity contribution in [3.63, 3.8) is 0 Å². The second kappa shape index (κ2) is 9.71. The summed E-state index contributed by atoms with van der Waals surface area (Å²) in [5, 5.41) is 8.14. The monoisotopic (exact) mass is 445 g/mol. The quantitative estimate of drug-likeness (QED) is 0.466. The van der Waals surface area contributed by atoms with Gasteiger partial charge in [-0.2, -0.15) is 14.4 Å². The van der Waals surface area contributed by atoms with Gasteiger partial charge in [-0.3, -0.25) is 4.68 Å². The molecule has 1 atom stereocenters. The van der Waals surface area contributed by atoms with Crippen LogP contribution in [0.5, 0.6) is 0 Å². The van der Waals surface area contributed by atoms with E-state index in [0.29, 0.717) is 51.0 Å². The molecule has 0 spiro atoms. The van der Waals surface area contributed by atoms with Crippen molar-refractivity contribution in [3.05, 3.63) is 60.0 Å². The van der Waals surface area contributed by atoms with Gasteiger partial charge >= 0.3 is 0 Å². The fourth-order valence-corrected chi connectivity index (χ4v) is 5.10. The van der Waals surface area contributed by atoms with Crippen LogP contribution in [0.3, 0.4) is 0 Å². The highest BCUT2D eigenvalue weighted by molar-refractivity contribution is 7.89. The zero-order valence-electron chi connectivity index (χ0n) is 17.6. The number of piperidine rings is 1. The predicted octanol–water partition coefficient (Wildman–Crippen LogP) is 2.61. The van der Waals surface area contributed by atoms with Crippen molar-refractivity contribution < 1.29 is 17.7 Å². The van der Waals surface area contributed by atoms with Crippen LogP contribution in [0, 0.1) is 0 Å². The molecule has 2 aromatic heterocycles. The van der Waals surface area contributed by atoms with Crippen LogP contribution in [-0.4, -0.2) is 52.3 Å². The fraction of sp³-hybridized carbons (Fsp3) is 0.476. The Morgan fingerprint density at radius 1 is 1.26 bits per heavy atom. The number of sulfonamides is 1. The van der Waals surface area contributed by atoms with Crippen molar-refractivity contribution in [2.75, 3.05) is 19.7 Å². The number of aromatic nitrogens is 4. The van der Waals surface area contributed by atoms with Crippen LogP contribution < -0.4 is 0 Å². The highest BCUT2D eigenvalue weighted by atomic mass is 32.2. The Balaban J connectivity index is 1.33. The molecule has 1 unspecified atom stereocenters. The lowest BCUT2D eigenvalue weighted by Gasteiger charge is -2.29. The predicted molar refractivity (Wildman–Crippen MR) is 113 cm³/mol. The van der Waals surface area contributed by atoms with Gasteiger partial charge in [0.2, 0.25) is 15.9 Å². The van der Waals surface area contributed by atoms with E-state index in [1.54, 1.807) is 10.9 Å². The molecule has 0 amide bonds. The third-order valence-electron chi connectivity index (χ3n) is 5.37. The molecular weight excluding hydrogens is 418 g/mol. The average Bonchev–Trinajstić information content (AvgIpc) is 3.48. The van der Waals surface area contributed by atoms with Gasteiger partial charge in [-0.25, -0.2) is 8.42 Å².